The Bertz CT molecular complexity index is 278. The molecule has 0 atom stereocenters. The number of hydrogen-bond donors (Lipinski definition) is 3. The Morgan fingerprint density at radius 1 is 1.33 bits per heavy atom. The molecule has 0 heterocycles. The van der Waals surface area contributed by atoms with Gasteiger partial charge in [-0.1, -0.05) is 19.8 Å². The summed E-state index contributed by atoms with van der Waals surface area (Å²) in [6.45, 7) is 3.15. The van der Waals surface area contributed by atoms with Crippen LogP contribution in [-0.2, 0) is 4.79 Å². The number of hydrogen-bond acceptors (Lipinski definition) is 4. The van der Waals surface area contributed by atoms with Gasteiger partial charge in [-0.2, -0.15) is 0 Å². The van der Waals surface area contributed by atoms with Crippen LogP contribution in [-0.4, -0.2) is 54.2 Å². The quantitative estimate of drug-likeness (QED) is 0.629. The number of aliphatic hydroxyl groups excluding tert-OH is 1. The molecule has 0 aliphatic heterocycles. The molecule has 6 heteroatoms. The minimum atomic E-state index is -0.410. The van der Waals surface area contributed by atoms with Crippen LogP contribution in [0.4, 0.5) is 4.79 Å². The van der Waals surface area contributed by atoms with E-state index in [1.807, 2.05) is 6.92 Å². The Morgan fingerprint density at radius 2 is 2.00 bits per heavy atom. The maximum atomic E-state index is 11.6. The zero-order chi connectivity index (χ0) is 13.4. The molecule has 0 spiro atoms. The number of carbonyl (C=O) groups excluding carboxylic acids is 2. The number of rotatable bonds is 6. The van der Waals surface area contributed by atoms with Crippen molar-refractivity contribution in [2.75, 3.05) is 26.2 Å². The summed E-state index contributed by atoms with van der Waals surface area (Å²) in [4.78, 5) is 24.9. The van der Waals surface area contributed by atoms with Crippen molar-refractivity contribution in [3.05, 3.63) is 0 Å². The fraction of sp³-hybridized carbons (Fsp3) is 0.833. The second-order valence-electron chi connectivity index (χ2n) is 4.60. The highest BCUT2D eigenvalue weighted by molar-refractivity contribution is 5.95. The molecule has 0 saturated heterocycles. The van der Waals surface area contributed by atoms with Gasteiger partial charge in [0.2, 0.25) is 5.91 Å². The molecule has 3 amide bonds. The summed E-state index contributed by atoms with van der Waals surface area (Å²) in [5.41, 5.74) is 0. The third kappa shape index (κ3) is 5.46. The SMILES string of the molecule is CCN(CCO)CC(=O)NC(=O)NC1CCCC1. The summed E-state index contributed by atoms with van der Waals surface area (Å²) < 4.78 is 0. The fourth-order valence-electron chi connectivity index (χ4n) is 2.15. The van der Waals surface area contributed by atoms with E-state index in [0.717, 1.165) is 25.7 Å². The van der Waals surface area contributed by atoms with Gasteiger partial charge in [-0.3, -0.25) is 15.0 Å². The third-order valence-electron chi connectivity index (χ3n) is 3.17. The summed E-state index contributed by atoms with van der Waals surface area (Å²) in [7, 11) is 0. The number of nitrogens with one attached hydrogen (secondary N) is 2. The first kappa shape index (κ1) is 14.9. The maximum absolute atomic E-state index is 11.6. The Kier molecular flexibility index (Phi) is 6.67. The van der Waals surface area contributed by atoms with Gasteiger partial charge in [0.25, 0.3) is 0 Å². The van der Waals surface area contributed by atoms with Crippen molar-refractivity contribution < 1.29 is 14.7 Å². The van der Waals surface area contributed by atoms with Crippen LogP contribution < -0.4 is 10.6 Å². The minimum absolute atomic E-state index is 0.00932. The highest BCUT2D eigenvalue weighted by atomic mass is 16.3. The van der Waals surface area contributed by atoms with Crippen LogP contribution in [0.3, 0.4) is 0 Å². The van der Waals surface area contributed by atoms with Crippen molar-refractivity contribution in [3.8, 4) is 0 Å². The first-order valence-electron chi connectivity index (χ1n) is 6.59. The topological polar surface area (TPSA) is 81.7 Å². The summed E-state index contributed by atoms with van der Waals surface area (Å²) in [6, 6.07) is -0.204. The lowest BCUT2D eigenvalue weighted by Gasteiger charge is -2.18. The lowest BCUT2D eigenvalue weighted by atomic mass is 10.2. The smallest absolute Gasteiger partial charge is 0.321 e. The molecule has 1 saturated carbocycles. The van der Waals surface area contributed by atoms with E-state index >= 15 is 0 Å². The number of imide groups is 1. The van der Waals surface area contributed by atoms with Gasteiger partial charge in [0.05, 0.1) is 13.2 Å². The number of likely N-dealkylation sites (N-methyl/N-ethyl adjacent to an activating group) is 1. The van der Waals surface area contributed by atoms with Gasteiger partial charge in [0.15, 0.2) is 0 Å². The molecule has 1 rings (SSSR count). The van der Waals surface area contributed by atoms with Crippen LogP contribution in [0.25, 0.3) is 0 Å². The lowest BCUT2D eigenvalue weighted by Crippen LogP contribution is -2.47. The second-order valence-corrected chi connectivity index (χ2v) is 4.60. The van der Waals surface area contributed by atoms with Gasteiger partial charge in [0.1, 0.15) is 0 Å². The van der Waals surface area contributed by atoms with Gasteiger partial charge in [-0.15, -0.1) is 0 Å². The van der Waals surface area contributed by atoms with Gasteiger partial charge < -0.3 is 10.4 Å². The van der Waals surface area contributed by atoms with Gasteiger partial charge in [0, 0.05) is 12.6 Å². The number of carbonyl (C=O) groups is 2. The molecule has 0 radical (unpaired) electrons. The van der Waals surface area contributed by atoms with Gasteiger partial charge in [-0.25, -0.2) is 4.79 Å². The van der Waals surface area contributed by atoms with E-state index in [2.05, 4.69) is 10.6 Å². The standard InChI is InChI=1S/C12H23N3O3/c1-2-15(7-8-16)9-11(17)14-12(18)13-10-5-3-4-6-10/h10,16H,2-9H2,1H3,(H2,13,14,17,18). The zero-order valence-corrected chi connectivity index (χ0v) is 10.9. The molecule has 1 aliphatic carbocycles. The normalized spacial score (nSPS) is 15.9. The minimum Gasteiger partial charge on any atom is -0.395 e. The number of amides is 3. The van der Waals surface area contributed by atoms with Crippen molar-refractivity contribution in [2.45, 2.75) is 38.6 Å². The number of urea groups is 1. The molecule has 0 bridgehead atoms. The van der Waals surface area contributed by atoms with Crippen LogP contribution in [0.5, 0.6) is 0 Å². The fourth-order valence-corrected chi connectivity index (χ4v) is 2.15. The summed E-state index contributed by atoms with van der Waals surface area (Å²) >= 11 is 0. The van der Waals surface area contributed by atoms with Crippen LogP contribution in [0, 0.1) is 0 Å². The van der Waals surface area contributed by atoms with Crippen LogP contribution in [0.2, 0.25) is 0 Å². The van der Waals surface area contributed by atoms with Crippen LogP contribution in [0.15, 0.2) is 0 Å². The monoisotopic (exact) mass is 257 g/mol. The van der Waals surface area contributed by atoms with E-state index in [1.165, 1.54) is 0 Å². The van der Waals surface area contributed by atoms with E-state index in [4.69, 9.17) is 5.11 Å². The van der Waals surface area contributed by atoms with Crippen LogP contribution in [0.1, 0.15) is 32.6 Å². The Labute approximate surface area is 108 Å². The molecular formula is C12H23N3O3. The van der Waals surface area contributed by atoms with E-state index < -0.39 is 6.03 Å². The largest absolute Gasteiger partial charge is 0.395 e. The third-order valence-corrected chi connectivity index (χ3v) is 3.17. The second kappa shape index (κ2) is 8.05. The number of aliphatic hydroxyl groups is 1. The Balaban J connectivity index is 2.23. The van der Waals surface area contributed by atoms with Gasteiger partial charge >= 0.3 is 6.03 Å². The van der Waals surface area contributed by atoms with E-state index in [9.17, 15) is 9.59 Å². The van der Waals surface area contributed by atoms with Crippen molar-refractivity contribution in [2.24, 2.45) is 0 Å². The zero-order valence-electron chi connectivity index (χ0n) is 10.9. The predicted molar refractivity (Wildman–Crippen MR) is 68.1 cm³/mol. The molecule has 1 fully saturated rings. The van der Waals surface area contributed by atoms with E-state index in [1.54, 1.807) is 4.90 Å². The Hall–Kier alpha value is -1.14. The van der Waals surface area contributed by atoms with Crippen molar-refractivity contribution in [1.82, 2.24) is 15.5 Å². The average molecular weight is 257 g/mol. The molecule has 0 aromatic rings. The summed E-state index contributed by atoms with van der Waals surface area (Å²) in [5.74, 6) is -0.333. The van der Waals surface area contributed by atoms with E-state index in [0.29, 0.717) is 13.1 Å². The van der Waals surface area contributed by atoms with Crippen molar-refractivity contribution in [1.29, 1.82) is 0 Å². The van der Waals surface area contributed by atoms with Crippen molar-refractivity contribution in [3.63, 3.8) is 0 Å². The molecule has 0 aromatic heterocycles. The van der Waals surface area contributed by atoms with Crippen LogP contribution >= 0.6 is 0 Å². The number of nitrogens with zero attached hydrogens (tertiary/aromatic N) is 1. The highest BCUT2D eigenvalue weighted by Gasteiger charge is 2.18. The molecule has 6 nitrogen and oxygen atoms in total. The Morgan fingerprint density at radius 3 is 2.56 bits per heavy atom. The van der Waals surface area contributed by atoms with E-state index in [-0.39, 0.29) is 25.1 Å². The predicted octanol–water partition coefficient (Wildman–Crippen LogP) is 0.0690. The highest BCUT2D eigenvalue weighted by Crippen LogP contribution is 2.17. The molecule has 104 valence electrons. The lowest BCUT2D eigenvalue weighted by molar-refractivity contribution is -0.121. The molecule has 0 aromatic carbocycles. The molecule has 1 aliphatic rings. The first-order chi connectivity index (χ1) is 8.65. The van der Waals surface area contributed by atoms with Gasteiger partial charge in [-0.05, 0) is 19.4 Å². The van der Waals surface area contributed by atoms with Crippen molar-refractivity contribution >= 4 is 11.9 Å². The molecule has 3 N–H and O–H groups in total. The summed E-state index contributed by atoms with van der Waals surface area (Å²) in [6.07, 6.45) is 4.26. The average Bonchev–Trinajstić information content (AvgIpc) is 2.80. The summed E-state index contributed by atoms with van der Waals surface area (Å²) in [5, 5.41) is 13.9. The molecular weight excluding hydrogens is 234 g/mol. The molecule has 18 heavy (non-hydrogen) atoms. The maximum Gasteiger partial charge on any atom is 0.321 e. The molecule has 0 unspecified atom stereocenters. The first-order valence-corrected chi connectivity index (χ1v) is 6.59.